The average molecular weight is 513 g/mol. The van der Waals surface area contributed by atoms with Gasteiger partial charge in [0.1, 0.15) is 0 Å². The van der Waals surface area contributed by atoms with Crippen LogP contribution in [0.3, 0.4) is 0 Å². The second-order valence-electron chi connectivity index (χ2n) is 10.1. The summed E-state index contributed by atoms with van der Waals surface area (Å²) in [4.78, 5) is 28.1. The molecule has 4 aromatic carbocycles. The molecule has 0 atom stereocenters. The molecule has 0 heterocycles. The van der Waals surface area contributed by atoms with Gasteiger partial charge in [0.15, 0.2) is 5.78 Å². The minimum Gasteiger partial charge on any atom is -0.462 e. The number of carbonyl (C=O) groups is 2. The summed E-state index contributed by atoms with van der Waals surface area (Å²) >= 11 is 0. The Morgan fingerprint density at radius 2 is 1.13 bits per heavy atom. The van der Waals surface area contributed by atoms with E-state index in [-0.39, 0.29) is 12.4 Å². The largest absolute Gasteiger partial charge is 0.462 e. The van der Waals surface area contributed by atoms with Crippen LogP contribution in [0.1, 0.15) is 45.9 Å². The second kappa shape index (κ2) is 10.7. The lowest BCUT2D eigenvalue weighted by molar-refractivity contribution is -0.138. The number of aryl methyl sites for hydroxylation is 4. The monoisotopic (exact) mass is 512 g/mol. The van der Waals surface area contributed by atoms with Gasteiger partial charge in [-0.1, -0.05) is 102 Å². The first-order valence-electron chi connectivity index (χ1n) is 13.3. The summed E-state index contributed by atoms with van der Waals surface area (Å²) in [6.45, 7) is 10.1. The zero-order valence-corrected chi connectivity index (χ0v) is 23.1. The van der Waals surface area contributed by atoms with Crippen molar-refractivity contribution in [3.8, 4) is 11.1 Å². The highest BCUT2D eigenvalue weighted by atomic mass is 16.5. The van der Waals surface area contributed by atoms with E-state index in [0.29, 0.717) is 27.9 Å². The maximum Gasteiger partial charge on any atom is 0.339 e. The fourth-order valence-electron chi connectivity index (χ4n) is 5.46. The Morgan fingerprint density at radius 1 is 0.615 bits per heavy atom. The van der Waals surface area contributed by atoms with Crippen LogP contribution in [-0.4, -0.2) is 18.4 Å². The van der Waals surface area contributed by atoms with E-state index in [0.717, 1.165) is 44.5 Å². The van der Waals surface area contributed by atoms with Gasteiger partial charge in [-0.2, -0.15) is 0 Å². The molecule has 5 rings (SSSR count). The standard InChI is InChI=1S/C36H32O3/c1-6-39-36(38)34-31(28-16-14-27(15-17-28)26-10-8-7-9-11-26)35(37)33(30-19-13-23(3)21-25(30)5)32(34)29-18-12-22(2)20-24(29)4/h7-21H,6H2,1-5H3. The van der Waals surface area contributed by atoms with Gasteiger partial charge in [-0.15, -0.1) is 0 Å². The van der Waals surface area contributed by atoms with Crippen LogP contribution in [0.5, 0.6) is 0 Å². The molecule has 3 nitrogen and oxygen atoms in total. The number of rotatable bonds is 6. The predicted octanol–water partition coefficient (Wildman–Crippen LogP) is 8.10. The second-order valence-corrected chi connectivity index (χ2v) is 10.1. The third-order valence-corrected chi connectivity index (χ3v) is 7.27. The van der Waals surface area contributed by atoms with E-state index in [1.54, 1.807) is 6.92 Å². The van der Waals surface area contributed by atoms with Gasteiger partial charge < -0.3 is 4.74 Å². The molecule has 194 valence electrons. The van der Waals surface area contributed by atoms with Crippen LogP contribution in [0.4, 0.5) is 0 Å². The normalized spacial score (nSPS) is 13.3. The predicted molar refractivity (Wildman–Crippen MR) is 159 cm³/mol. The summed E-state index contributed by atoms with van der Waals surface area (Å²) < 4.78 is 5.58. The summed E-state index contributed by atoms with van der Waals surface area (Å²) in [5.41, 5.74) is 10.7. The molecule has 4 aromatic rings. The lowest BCUT2D eigenvalue weighted by Crippen LogP contribution is -2.11. The number of carbonyl (C=O) groups excluding carboxylic acids is 2. The van der Waals surface area contributed by atoms with E-state index < -0.39 is 5.97 Å². The molecule has 3 heteroatoms. The number of Topliss-reactive ketones (excluding diaryl/α,β-unsaturated/α-hetero) is 1. The quantitative estimate of drug-likeness (QED) is 0.245. The van der Waals surface area contributed by atoms with Crippen LogP contribution in [0.25, 0.3) is 27.8 Å². The molecule has 0 saturated carbocycles. The van der Waals surface area contributed by atoms with Crippen LogP contribution in [-0.2, 0) is 14.3 Å². The van der Waals surface area contributed by atoms with Gasteiger partial charge in [0, 0.05) is 16.7 Å². The number of benzene rings is 4. The maximum absolute atomic E-state index is 14.5. The molecule has 0 amide bonds. The Hall–Kier alpha value is -4.50. The average Bonchev–Trinajstić information content (AvgIpc) is 3.22. The number of ether oxygens (including phenoxy) is 1. The van der Waals surface area contributed by atoms with Gasteiger partial charge in [0.05, 0.1) is 12.2 Å². The van der Waals surface area contributed by atoms with Crippen molar-refractivity contribution >= 4 is 28.5 Å². The maximum atomic E-state index is 14.5. The van der Waals surface area contributed by atoms with E-state index in [1.165, 1.54) is 0 Å². The number of hydrogen-bond acceptors (Lipinski definition) is 3. The minimum atomic E-state index is -0.484. The highest BCUT2D eigenvalue weighted by Gasteiger charge is 2.39. The van der Waals surface area contributed by atoms with E-state index in [2.05, 4.69) is 24.3 Å². The summed E-state index contributed by atoms with van der Waals surface area (Å²) in [6.07, 6.45) is 0. The van der Waals surface area contributed by atoms with E-state index in [4.69, 9.17) is 4.74 Å². The van der Waals surface area contributed by atoms with Gasteiger partial charge in [-0.25, -0.2) is 4.79 Å². The molecule has 0 aliphatic heterocycles. The molecule has 1 aliphatic carbocycles. The molecular formula is C36H32O3. The molecule has 0 unspecified atom stereocenters. The SMILES string of the molecule is CCOC(=O)C1=C(c2ccc(-c3ccccc3)cc2)C(=O)C(c2ccc(C)cc2C)=C1c1ccc(C)cc1C. The van der Waals surface area contributed by atoms with Crippen molar-refractivity contribution in [1.82, 2.24) is 0 Å². The Balaban J connectivity index is 1.78. The molecule has 0 N–H and O–H groups in total. The van der Waals surface area contributed by atoms with Crippen molar-refractivity contribution in [2.45, 2.75) is 34.6 Å². The summed E-state index contributed by atoms with van der Waals surface area (Å²) in [5, 5.41) is 0. The first-order chi connectivity index (χ1) is 18.8. The van der Waals surface area contributed by atoms with Crippen LogP contribution in [0, 0.1) is 27.7 Å². The molecule has 1 aliphatic rings. The van der Waals surface area contributed by atoms with Crippen molar-refractivity contribution in [2.24, 2.45) is 0 Å². The van der Waals surface area contributed by atoms with E-state index >= 15 is 0 Å². The topological polar surface area (TPSA) is 43.4 Å². The summed E-state index contributed by atoms with van der Waals surface area (Å²) in [7, 11) is 0. The third kappa shape index (κ3) is 4.88. The van der Waals surface area contributed by atoms with Gasteiger partial charge >= 0.3 is 5.97 Å². The number of esters is 1. The summed E-state index contributed by atoms with van der Waals surface area (Å²) in [5.74, 6) is -0.643. The molecule has 0 radical (unpaired) electrons. The van der Waals surface area contributed by atoms with Gasteiger partial charge in [-0.05, 0) is 73.6 Å². The number of ketones is 1. The zero-order valence-electron chi connectivity index (χ0n) is 23.1. The molecule has 0 bridgehead atoms. The van der Waals surface area contributed by atoms with Crippen LogP contribution < -0.4 is 0 Å². The van der Waals surface area contributed by atoms with Crippen molar-refractivity contribution in [1.29, 1.82) is 0 Å². The highest BCUT2D eigenvalue weighted by Crippen LogP contribution is 2.47. The molecular weight excluding hydrogens is 480 g/mol. The molecule has 0 aromatic heterocycles. The van der Waals surface area contributed by atoms with Crippen molar-refractivity contribution in [2.75, 3.05) is 6.61 Å². The smallest absolute Gasteiger partial charge is 0.339 e. The van der Waals surface area contributed by atoms with Crippen LogP contribution in [0.2, 0.25) is 0 Å². The summed E-state index contributed by atoms with van der Waals surface area (Å²) in [6, 6.07) is 30.2. The van der Waals surface area contributed by atoms with Crippen LogP contribution in [0.15, 0.2) is 96.6 Å². The van der Waals surface area contributed by atoms with E-state index in [1.807, 2.05) is 94.4 Å². The van der Waals surface area contributed by atoms with Gasteiger partial charge in [-0.3, -0.25) is 4.79 Å². The lowest BCUT2D eigenvalue weighted by atomic mass is 9.88. The Kier molecular flexibility index (Phi) is 7.17. The number of allylic oxidation sites excluding steroid dienone is 2. The van der Waals surface area contributed by atoms with Gasteiger partial charge in [0.25, 0.3) is 0 Å². The fraction of sp³-hybridized carbons (Fsp3) is 0.167. The first kappa shape index (κ1) is 26.1. The third-order valence-electron chi connectivity index (χ3n) is 7.27. The lowest BCUT2D eigenvalue weighted by Gasteiger charge is -2.16. The Morgan fingerprint density at radius 3 is 1.67 bits per heavy atom. The fourth-order valence-corrected chi connectivity index (χ4v) is 5.46. The Bertz CT molecular complexity index is 1650. The zero-order chi connectivity index (χ0) is 27.7. The minimum absolute atomic E-state index is 0.160. The highest BCUT2D eigenvalue weighted by molar-refractivity contribution is 6.55. The molecule has 39 heavy (non-hydrogen) atoms. The van der Waals surface area contributed by atoms with Crippen LogP contribution >= 0.6 is 0 Å². The molecule has 0 spiro atoms. The Labute approximate surface area is 230 Å². The number of hydrogen-bond donors (Lipinski definition) is 0. The van der Waals surface area contributed by atoms with Crippen molar-refractivity contribution in [3.05, 3.63) is 136 Å². The van der Waals surface area contributed by atoms with Crippen molar-refractivity contribution in [3.63, 3.8) is 0 Å². The molecule has 0 fully saturated rings. The van der Waals surface area contributed by atoms with Gasteiger partial charge in [0.2, 0.25) is 0 Å². The molecule has 0 saturated heterocycles. The van der Waals surface area contributed by atoms with E-state index in [9.17, 15) is 9.59 Å². The first-order valence-corrected chi connectivity index (χ1v) is 13.3. The van der Waals surface area contributed by atoms with Crippen molar-refractivity contribution < 1.29 is 14.3 Å².